The quantitative estimate of drug-likeness (QED) is 0.0793. The van der Waals surface area contributed by atoms with E-state index in [-0.39, 0.29) is 34.0 Å². The number of hydrogen-bond donors (Lipinski definition) is 5. The van der Waals surface area contributed by atoms with Crippen molar-refractivity contribution in [3.8, 4) is 0 Å². The van der Waals surface area contributed by atoms with Crippen LogP contribution >= 0.6 is 15.6 Å². The molecule has 47 heavy (non-hydrogen) atoms. The van der Waals surface area contributed by atoms with E-state index >= 15 is 0 Å². The fourth-order valence-corrected chi connectivity index (χ4v) is 7.47. The predicted octanol–water partition coefficient (Wildman–Crippen LogP) is -0.297. The van der Waals surface area contributed by atoms with Crippen molar-refractivity contribution in [3.05, 3.63) is 45.6 Å². The summed E-state index contributed by atoms with van der Waals surface area (Å²) in [7, 11) is -10.2. The summed E-state index contributed by atoms with van der Waals surface area (Å²) in [6.07, 6.45) is -7.23. The minimum absolute atomic E-state index is 0.0130. The maximum Gasteiger partial charge on any atom is 0.472 e. The minimum Gasteiger partial charge on any atom is -0.387 e. The Morgan fingerprint density at radius 2 is 1.62 bits per heavy atom. The summed E-state index contributed by atoms with van der Waals surface area (Å²) in [5.41, 5.74) is 14.8. The van der Waals surface area contributed by atoms with Crippen LogP contribution in [0, 0.1) is 6.92 Å². The molecule has 0 aliphatic carbocycles. The lowest BCUT2D eigenvalue weighted by molar-refractivity contribution is -0.0670. The maximum absolute atomic E-state index is 13.3. The minimum atomic E-state index is -5.13. The molecule has 3 aliphatic heterocycles. The summed E-state index contributed by atoms with van der Waals surface area (Å²) in [5, 5.41) is 14.8. The van der Waals surface area contributed by atoms with E-state index in [4.69, 9.17) is 33.3 Å². The number of aromatic nitrogens is 8. The first-order valence-corrected chi connectivity index (χ1v) is 16.6. The second-order valence-electron chi connectivity index (χ2n) is 10.5. The number of phosphoric ester groups is 2. The Morgan fingerprint density at radius 1 is 0.979 bits per heavy atom. The van der Waals surface area contributed by atoms with Gasteiger partial charge >= 0.3 is 15.6 Å². The van der Waals surface area contributed by atoms with Gasteiger partial charge in [-0.15, -0.1) is 0 Å². The summed E-state index contributed by atoms with van der Waals surface area (Å²) in [6.45, 7) is -0.135. The number of azide groups is 1. The molecule has 10 atom stereocenters. The second-order valence-corrected chi connectivity index (χ2v) is 13.4. The summed E-state index contributed by atoms with van der Waals surface area (Å²) < 4.78 is 62.1. The molecule has 26 heteroatoms. The predicted molar refractivity (Wildman–Crippen MR) is 151 cm³/mol. The van der Waals surface area contributed by atoms with E-state index in [1.165, 1.54) is 22.4 Å². The number of aromatic amines is 1. The lowest BCUT2D eigenvalue weighted by Gasteiger charge is -2.26. The Kier molecular flexibility index (Phi) is 7.87. The van der Waals surface area contributed by atoms with Crippen LogP contribution in [0.2, 0.25) is 0 Å². The van der Waals surface area contributed by atoms with Gasteiger partial charge in [0, 0.05) is 4.91 Å². The van der Waals surface area contributed by atoms with Crippen molar-refractivity contribution < 1.29 is 51.6 Å². The molecule has 0 spiro atoms. The number of fused-ring (bicyclic) bond motifs is 5. The summed E-state index contributed by atoms with van der Waals surface area (Å²) >= 11 is 0. The average Bonchev–Trinajstić information content (AvgIpc) is 3.76. The van der Waals surface area contributed by atoms with E-state index < -0.39 is 83.4 Å². The molecule has 250 valence electrons. The number of aryl methyl sites for hydroxylation is 1. The molecule has 0 aromatic carbocycles. The molecule has 24 nitrogen and oxygen atoms in total. The highest BCUT2D eigenvalue weighted by atomic mass is 31.2. The van der Waals surface area contributed by atoms with Crippen molar-refractivity contribution in [2.24, 2.45) is 5.11 Å². The van der Waals surface area contributed by atoms with E-state index in [1.807, 2.05) is 0 Å². The number of hydrogen-bond acceptors (Lipinski definition) is 17. The van der Waals surface area contributed by atoms with Gasteiger partial charge in [-0.25, -0.2) is 34.0 Å². The molecule has 0 saturated carbocycles. The molecule has 6 N–H and O–H groups in total. The second kappa shape index (κ2) is 11.7. The Morgan fingerprint density at radius 3 is 2.34 bits per heavy atom. The highest BCUT2D eigenvalue weighted by Crippen LogP contribution is 2.54. The number of imidazole rings is 2. The fraction of sp³-hybridized carbons (Fsp3) is 0.524. The molecule has 3 fully saturated rings. The molecule has 3 aliphatic rings. The van der Waals surface area contributed by atoms with Gasteiger partial charge in [0.05, 0.1) is 25.9 Å². The van der Waals surface area contributed by atoms with E-state index in [9.17, 15) is 34.3 Å². The average molecular weight is 698 g/mol. The van der Waals surface area contributed by atoms with Gasteiger partial charge in [0.25, 0.3) is 5.56 Å². The maximum atomic E-state index is 13.3. The van der Waals surface area contributed by atoms with Crippen LogP contribution in [0.1, 0.15) is 18.3 Å². The number of rotatable bonds is 3. The topological polar surface area (TPSA) is 332 Å². The van der Waals surface area contributed by atoms with Crippen molar-refractivity contribution in [3.63, 3.8) is 0 Å². The van der Waals surface area contributed by atoms with E-state index in [0.29, 0.717) is 0 Å². The molecule has 0 radical (unpaired) electrons. The molecule has 4 aromatic heterocycles. The first-order valence-electron chi connectivity index (χ1n) is 13.6. The van der Waals surface area contributed by atoms with E-state index in [2.05, 4.69) is 39.9 Å². The molecular weight excluding hydrogens is 674 g/mol. The number of nitrogen functional groups attached to an aromatic ring is 1. The number of ether oxygens (including phenoxy) is 2. The number of anilines is 1. The van der Waals surface area contributed by atoms with Gasteiger partial charge in [-0.3, -0.25) is 32.0 Å². The summed E-state index contributed by atoms with van der Waals surface area (Å²) in [6, 6.07) is -1.42. The van der Waals surface area contributed by atoms with E-state index in [0.717, 1.165) is 12.7 Å². The molecule has 7 rings (SSSR count). The number of nitrogens with one attached hydrogen (secondary N) is 1. The monoisotopic (exact) mass is 698 g/mol. The molecule has 2 bridgehead atoms. The Bertz CT molecular complexity index is 2070. The third-order valence-electron chi connectivity index (χ3n) is 7.61. The van der Waals surface area contributed by atoms with Crippen LogP contribution in [0.15, 0.2) is 28.9 Å². The van der Waals surface area contributed by atoms with Crippen LogP contribution in [0.3, 0.4) is 0 Å². The molecule has 4 unspecified atom stereocenters. The number of nitrogens with two attached hydrogens (primary N) is 1. The van der Waals surface area contributed by atoms with Crippen molar-refractivity contribution in [2.45, 2.75) is 55.9 Å². The number of H-pyrrole nitrogens is 1. The lowest BCUT2D eigenvalue weighted by Crippen LogP contribution is -2.35. The number of aliphatic hydroxyl groups is 1. The van der Waals surface area contributed by atoms with Gasteiger partial charge in [0.2, 0.25) is 0 Å². The molecular formula is C21H24N12O12P2. The van der Waals surface area contributed by atoms with Crippen LogP contribution < -0.4 is 11.3 Å². The largest absolute Gasteiger partial charge is 0.472 e. The first kappa shape index (κ1) is 31.7. The highest BCUT2D eigenvalue weighted by Gasteiger charge is 2.54. The van der Waals surface area contributed by atoms with Crippen LogP contribution in [0.4, 0.5) is 5.82 Å². The Balaban J connectivity index is 1.23. The van der Waals surface area contributed by atoms with Crippen LogP contribution in [0.25, 0.3) is 32.8 Å². The lowest BCUT2D eigenvalue weighted by atomic mass is 10.1. The standard InChI is InChI=1S/C21H24N12O12P2/c1-7-28-18-12(19(35)29-7)27-6-33(18)21-15-13(34)8(42-21)2-40-46(36,37)44-14-9(3-41-47(38,39)45-15)43-20(10(14)30-31-23)32-5-26-11-16(22)24-4-25-17(11)32/h4-6,8-10,13-15,20-21,34H,2-3H2,1H3,(H,36,37)(H,38,39)(H2,22,24,25)(H,28,29,35)/t8-,9-,10?,13?,14+,15+,20-,21-/m1/s1. The normalized spacial score (nSPS) is 36.3. The third kappa shape index (κ3) is 5.69. The van der Waals surface area contributed by atoms with Gasteiger partial charge in [0.1, 0.15) is 60.5 Å². The first-order chi connectivity index (χ1) is 22.4. The van der Waals surface area contributed by atoms with Gasteiger partial charge in [-0.2, -0.15) is 0 Å². The number of nitrogens with zero attached hydrogens (tertiary/aromatic N) is 10. The molecule has 7 heterocycles. The third-order valence-corrected chi connectivity index (χ3v) is 9.58. The number of phosphoric acid groups is 2. The van der Waals surface area contributed by atoms with Crippen molar-refractivity contribution in [1.29, 1.82) is 0 Å². The Labute approximate surface area is 260 Å². The zero-order chi connectivity index (χ0) is 33.2. The Hall–Kier alpha value is -3.89. The zero-order valence-electron chi connectivity index (χ0n) is 23.7. The molecule has 0 amide bonds. The smallest absolute Gasteiger partial charge is 0.387 e. The van der Waals surface area contributed by atoms with Gasteiger partial charge in [-0.1, -0.05) is 5.11 Å². The van der Waals surface area contributed by atoms with Crippen LogP contribution in [0.5, 0.6) is 0 Å². The van der Waals surface area contributed by atoms with Gasteiger partial charge in [0.15, 0.2) is 28.9 Å². The SMILES string of the molecule is Cc1nc2c(ncn2[C@@H]2O[C@@H]3COP(=O)(O)O[C@@H]4C(N=[N+]=[N-])[C@H](n5cnc6c(N)ncnc65)O[C@@H]4COP(=O)(O)O[C@H]2C3O)c(=O)[nH]1. The summed E-state index contributed by atoms with van der Waals surface area (Å²) in [5.74, 6) is 0.236. The van der Waals surface area contributed by atoms with Crippen LogP contribution in [-0.4, -0.2) is 104 Å². The molecule has 4 aromatic rings. The van der Waals surface area contributed by atoms with E-state index in [1.54, 1.807) is 0 Å². The van der Waals surface area contributed by atoms with Gasteiger partial charge in [-0.05, 0) is 12.5 Å². The molecule has 3 saturated heterocycles. The van der Waals surface area contributed by atoms with Crippen molar-refractivity contribution in [2.75, 3.05) is 18.9 Å². The number of aliphatic hydroxyl groups excluding tert-OH is 1. The highest BCUT2D eigenvalue weighted by molar-refractivity contribution is 7.47. The fourth-order valence-electron chi connectivity index (χ4n) is 5.57. The van der Waals surface area contributed by atoms with Gasteiger partial charge < -0.3 is 35.1 Å². The van der Waals surface area contributed by atoms with Crippen LogP contribution in [-0.2, 0) is 36.7 Å². The van der Waals surface area contributed by atoms with Crippen molar-refractivity contribution in [1.82, 2.24) is 39.0 Å². The summed E-state index contributed by atoms with van der Waals surface area (Å²) in [4.78, 5) is 59.6. The zero-order valence-corrected chi connectivity index (χ0v) is 25.5. The van der Waals surface area contributed by atoms with Crippen molar-refractivity contribution >= 4 is 43.8 Å².